The molecular weight excluding hydrogens is 363 g/mol. The van der Waals surface area contributed by atoms with Gasteiger partial charge in [-0.2, -0.15) is 13.2 Å². The van der Waals surface area contributed by atoms with Gasteiger partial charge in [-0.05, 0) is 35.9 Å². The van der Waals surface area contributed by atoms with Gasteiger partial charge in [0.15, 0.2) is 0 Å². The highest BCUT2D eigenvalue weighted by atomic mass is 19.4. The molecule has 2 rings (SSSR count). The maximum Gasteiger partial charge on any atom is 0.416 e. The van der Waals surface area contributed by atoms with Crippen LogP contribution in [0.25, 0.3) is 0 Å². The van der Waals surface area contributed by atoms with Crippen LogP contribution in [-0.4, -0.2) is 32.1 Å². The van der Waals surface area contributed by atoms with Crippen LogP contribution in [0.1, 0.15) is 21.5 Å². The SMILES string of the molecule is COC(=O)[C@@H](Cc1ccc(OC)cc1)NC(=O)c1cccc(C(F)(F)F)c1. The number of halogens is 3. The Morgan fingerprint density at radius 2 is 1.74 bits per heavy atom. The second kappa shape index (κ2) is 8.57. The van der Waals surface area contributed by atoms with Crippen LogP contribution in [0.3, 0.4) is 0 Å². The lowest BCUT2D eigenvalue weighted by molar-refractivity contribution is -0.143. The lowest BCUT2D eigenvalue weighted by atomic mass is 10.0. The van der Waals surface area contributed by atoms with Gasteiger partial charge in [0.05, 0.1) is 19.8 Å². The lowest BCUT2D eigenvalue weighted by Gasteiger charge is -2.17. The molecule has 0 aliphatic rings. The zero-order chi connectivity index (χ0) is 20.0. The van der Waals surface area contributed by atoms with Gasteiger partial charge in [-0.1, -0.05) is 18.2 Å². The summed E-state index contributed by atoms with van der Waals surface area (Å²) in [5, 5.41) is 2.43. The van der Waals surface area contributed by atoms with E-state index in [1.165, 1.54) is 20.3 Å². The first kappa shape index (κ1) is 20.3. The summed E-state index contributed by atoms with van der Waals surface area (Å²) < 4.78 is 48.2. The molecule has 1 N–H and O–H groups in total. The Morgan fingerprint density at radius 1 is 1.07 bits per heavy atom. The average Bonchev–Trinajstić information content (AvgIpc) is 2.66. The Balaban J connectivity index is 2.17. The van der Waals surface area contributed by atoms with Crippen LogP contribution in [0.15, 0.2) is 48.5 Å². The zero-order valence-electron chi connectivity index (χ0n) is 14.7. The van der Waals surface area contributed by atoms with Crippen molar-refractivity contribution in [2.75, 3.05) is 14.2 Å². The molecule has 0 saturated carbocycles. The number of methoxy groups -OCH3 is 2. The predicted octanol–water partition coefficient (Wildman–Crippen LogP) is 3.23. The molecular formula is C19H18F3NO4. The number of benzene rings is 2. The maximum atomic E-state index is 12.8. The molecule has 1 amide bonds. The van der Waals surface area contributed by atoms with Gasteiger partial charge in [-0.25, -0.2) is 4.79 Å². The molecule has 0 radical (unpaired) electrons. The molecule has 0 fully saturated rings. The average molecular weight is 381 g/mol. The van der Waals surface area contributed by atoms with Crippen molar-refractivity contribution in [2.45, 2.75) is 18.6 Å². The van der Waals surface area contributed by atoms with Crippen molar-refractivity contribution >= 4 is 11.9 Å². The van der Waals surface area contributed by atoms with Crippen LogP contribution in [0.5, 0.6) is 5.75 Å². The normalized spacial score (nSPS) is 12.2. The van der Waals surface area contributed by atoms with Gasteiger partial charge in [0, 0.05) is 12.0 Å². The smallest absolute Gasteiger partial charge is 0.416 e. The standard InChI is InChI=1S/C19H18F3NO4/c1-26-15-8-6-12(7-9-15)10-16(18(25)27-2)23-17(24)13-4-3-5-14(11-13)19(20,21)22/h3-9,11,16H,10H2,1-2H3,(H,23,24)/t16-/m1/s1. The predicted molar refractivity (Wildman–Crippen MR) is 91.4 cm³/mol. The van der Waals surface area contributed by atoms with Gasteiger partial charge in [-0.15, -0.1) is 0 Å². The summed E-state index contributed by atoms with van der Waals surface area (Å²) in [6, 6.07) is 9.74. The van der Waals surface area contributed by atoms with E-state index in [0.29, 0.717) is 5.75 Å². The summed E-state index contributed by atoms with van der Waals surface area (Å²) in [6.07, 6.45) is -4.46. The summed E-state index contributed by atoms with van der Waals surface area (Å²) in [6.45, 7) is 0. The first-order chi connectivity index (χ1) is 12.7. The quantitative estimate of drug-likeness (QED) is 0.781. The number of carbonyl (C=O) groups is 2. The fourth-order valence-corrected chi connectivity index (χ4v) is 2.41. The summed E-state index contributed by atoms with van der Waals surface area (Å²) in [5.74, 6) is -0.877. The fourth-order valence-electron chi connectivity index (χ4n) is 2.41. The molecule has 0 aliphatic carbocycles. The van der Waals surface area contributed by atoms with Crippen LogP contribution in [0.2, 0.25) is 0 Å². The first-order valence-electron chi connectivity index (χ1n) is 7.93. The highest BCUT2D eigenvalue weighted by Crippen LogP contribution is 2.29. The molecule has 5 nitrogen and oxygen atoms in total. The maximum absolute atomic E-state index is 12.8. The second-order valence-electron chi connectivity index (χ2n) is 5.68. The van der Waals surface area contributed by atoms with Crippen LogP contribution in [-0.2, 0) is 22.1 Å². The number of hydrogen-bond donors (Lipinski definition) is 1. The lowest BCUT2D eigenvalue weighted by Crippen LogP contribution is -2.43. The van der Waals surface area contributed by atoms with Crippen molar-refractivity contribution in [1.82, 2.24) is 5.32 Å². The molecule has 0 spiro atoms. The molecule has 144 valence electrons. The van der Waals surface area contributed by atoms with Crippen molar-refractivity contribution in [2.24, 2.45) is 0 Å². The molecule has 0 aromatic heterocycles. The number of amides is 1. The molecule has 2 aromatic rings. The van der Waals surface area contributed by atoms with Gasteiger partial charge in [-0.3, -0.25) is 4.79 Å². The molecule has 2 aromatic carbocycles. The van der Waals surface area contributed by atoms with E-state index in [-0.39, 0.29) is 12.0 Å². The minimum absolute atomic E-state index is 0.112. The highest BCUT2D eigenvalue weighted by Gasteiger charge is 2.31. The van der Waals surface area contributed by atoms with Crippen LogP contribution >= 0.6 is 0 Å². The van der Waals surface area contributed by atoms with E-state index in [4.69, 9.17) is 4.74 Å². The van der Waals surface area contributed by atoms with E-state index < -0.39 is 29.7 Å². The van der Waals surface area contributed by atoms with E-state index in [1.54, 1.807) is 24.3 Å². The molecule has 8 heteroatoms. The van der Waals surface area contributed by atoms with Crippen LogP contribution in [0, 0.1) is 0 Å². The zero-order valence-corrected chi connectivity index (χ0v) is 14.7. The van der Waals surface area contributed by atoms with Gasteiger partial charge in [0.2, 0.25) is 0 Å². The molecule has 0 unspecified atom stereocenters. The molecule has 0 saturated heterocycles. The summed E-state index contributed by atoms with van der Waals surface area (Å²) >= 11 is 0. The van der Waals surface area contributed by atoms with E-state index in [2.05, 4.69) is 10.1 Å². The Labute approximate surface area is 154 Å². The Kier molecular flexibility index (Phi) is 6.44. The van der Waals surface area contributed by atoms with E-state index in [0.717, 1.165) is 23.8 Å². The van der Waals surface area contributed by atoms with Crippen molar-refractivity contribution in [3.05, 3.63) is 65.2 Å². The minimum atomic E-state index is -4.57. The van der Waals surface area contributed by atoms with Gasteiger partial charge < -0.3 is 14.8 Å². The summed E-state index contributed by atoms with van der Waals surface area (Å²) in [5.41, 5.74) is -0.427. The Bertz CT molecular complexity index is 803. The van der Waals surface area contributed by atoms with Gasteiger partial charge in [0.25, 0.3) is 5.91 Å². The van der Waals surface area contributed by atoms with Crippen LogP contribution < -0.4 is 10.1 Å². The molecule has 1 atom stereocenters. The van der Waals surface area contributed by atoms with Crippen molar-refractivity contribution in [1.29, 1.82) is 0 Å². The van der Waals surface area contributed by atoms with Gasteiger partial charge >= 0.3 is 12.1 Å². The molecule has 0 heterocycles. The topological polar surface area (TPSA) is 64.6 Å². The van der Waals surface area contributed by atoms with Crippen LogP contribution in [0.4, 0.5) is 13.2 Å². The summed E-state index contributed by atoms with van der Waals surface area (Å²) in [7, 11) is 2.68. The highest BCUT2D eigenvalue weighted by molar-refractivity contribution is 5.97. The Morgan fingerprint density at radius 3 is 2.30 bits per heavy atom. The van der Waals surface area contributed by atoms with Gasteiger partial charge in [0.1, 0.15) is 11.8 Å². The number of carbonyl (C=O) groups excluding carboxylic acids is 2. The van der Waals surface area contributed by atoms with Crippen molar-refractivity contribution < 1.29 is 32.2 Å². The monoisotopic (exact) mass is 381 g/mol. The van der Waals surface area contributed by atoms with E-state index in [9.17, 15) is 22.8 Å². The number of esters is 1. The summed E-state index contributed by atoms with van der Waals surface area (Å²) in [4.78, 5) is 24.3. The molecule has 0 aliphatic heterocycles. The number of alkyl halides is 3. The largest absolute Gasteiger partial charge is 0.497 e. The second-order valence-corrected chi connectivity index (χ2v) is 5.68. The molecule has 0 bridgehead atoms. The minimum Gasteiger partial charge on any atom is -0.497 e. The Hall–Kier alpha value is -3.03. The van der Waals surface area contributed by atoms with Crippen molar-refractivity contribution in [3.8, 4) is 5.75 Å². The van der Waals surface area contributed by atoms with Crippen molar-refractivity contribution in [3.63, 3.8) is 0 Å². The van der Waals surface area contributed by atoms with E-state index in [1.807, 2.05) is 0 Å². The third kappa shape index (κ3) is 5.47. The number of rotatable bonds is 6. The number of nitrogens with one attached hydrogen (secondary N) is 1. The number of hydrogen-bond acceptors (Lipinski definition) is 4. The fraction of sp³-hybridized carbons (Fsp3) is 0.263. The third-order valence-corrected chi connectivity index (χ3v) is 3.84. The van der Waals surface area contributed by atoms with E-state index >= 15 is 0 Å². The molecule has 27 heavy (non-hydrogen) atoms. The first-order valence-corrected chi connectivity index (χ1v) is 7.93. The third-order valence-electron chi connectivity index (χ3n) is 3.84. The number of ether oxygens (including phenoxy) is 2.